The van der Waals surface area contributed by atoms with Crippen LogP contribution in [0.3, 0.4) is 0 Å². The molecule has 1 aromatic heterocycles. The second-order valence-corrected chi connectivity index (χ2v) is 5.57. The predicted molar refractivity (Wildman–Crippen MR) is 98.5 cm³/mol. The fraction of sp³-hybridized carbons (Fsp3) is 0.389. The molecule has 1 heterocycles. The van der Waals surface area contributed by atoms with E-state index < -0.39 is 0 Å². The number of nitrogens with one attached hydrogen (secondary N) is 3. The molecule has 0 aliphatic heterocycles. The molecule has 2 aromatic rings. The molecule has 0 spiro atoms. The van der Waals surface area contributed by atoms with Gasteiger partial charge in [0.1, 0.15) is 11.6 Å². The molecule has 0 fully saturated rings. The Morgan fingerprint density at radius 3 is 2.54 bits per heavy atom. The van der Waals surface area contributed by atoms with Gasteiger partial charge in [-0.15, -0.1) is 0 Å². The van der Waals surface area contributed by atoms with Gasteiger partial charge < -0.3 is 20.5 Å². The summed E-state index contributed by atoms with van der Waals surface area (Å²) >= 11 is 0. The van der Waals surface area contributed by atoms with Gasteiger partial charge >= 0.3 is 0 Å². The molecule has 7 nitrogen and oxygen atoms in total. The number of aliphatic imine (C=N–C) groups is 1. The van der Waals surface area contributed by atoms with E-state index in [1.54, 1.807) is 7.05 Å². The molecule has 8 heteroatoms. The van der Waals surface area contributed by atoms with Crippen molar-refractivity contribution in [2.24, 2.45) is 4.99 Å². The molecular weight excluding hydrogens is 337 g/mol. The quantitative estimate of drug-likeness (QED) is 0.520. The van der Waals surface area contributed by atoms with Crippen LogP contribution in [0, 0.1) is 5.82 Å². The SMILES string of the molecule is CCc1noc(CC)c1CNC(=NC)NCC(=O)Nc1ccc(F)cc1. The van der Waals surface area contributed by atoms with E-state index in [0.717, 1.165) is 29.9 Å². The molecular formula is C18H24FN5O2. The van der Waals surface area contributed by atoms with Crippen molar-refractivity contribution >= 4 is 17.6 Å². The second kappa shape index (κ2) is 9.55. The molecule has 0 saturated heterocycles. The van der Waals surface area contributed by atoms with Gasteiger partial charge in [-0.25, -0.2) is 4.39 Å². The fourth-order valence-corrected chi connectivity index (χ4v) is 2.43. The Balaban J connectivity index is 1.85. The minimum Gasteiger partial charge on any atom is -0.361 e. The van der Waals surface area contributed by atoms with Crippen LogP contribution in [-0.2, 0) is 24.2 Å². The van der Waals surface area contributed by atoms with E-state index in [1.165, 1.54) is 24.3 Å². The van der Waals surface area contributed by atoms with E-state index >= 15 is 0 Å². The first-order chi connectivity index (χ1) is 12.6. The second-order valence-electron chi connectivity index (χ2n) is 5.57. The summed E-state index contributed by atoms with van der Waals surface area (Å²) < 4.78 is 18.2. The molecule has 0 aliphatic carbocycles. The van der Waals surface area contributed by atoms with Crippen LogP contribution in [-0.4, -0.2) is 30.6 Å². The van der Waals surface area contributed by atoms with Crippen molar-refractivity contribution in [1.82, 2.24) is 15.8 Å². The standard InChI is InChI=1S/C18H24FN5O2/c1-4-15-14(16(5-2)26-24-15)10-21-18(20-3)22-11-17(25)23-13-8-6-12(19)7-9-13/h6-9H,4-5,10-11H2,1-3H3,(H,23,25)(H2,20,21,22). The van der Waals surface area contributed by atoms with Crippen molar-refractivity contribution in [3.8, 4) is 0 Å². The number of aromatic nitrogens is 1. The zero-order valence-corrected chi connectivity index (χ0v) is 15.2. The fourth-order valence-electron chi connectivity index (χ4n) is 2.43. The summed E-state index contributed by atoms with van der Waals surface area (Å²) in [5.41, 5.74) is 2.47. The third-order valence-corrected chi connectivity index (χ3v) is 3.81. The maximum atomic E-state index is 12.9. The number of halogens is 1. The van der Waals surface area contributed by atoms with E-state index in [9.17, 15) is 9.18 Å². The molecule has 0 unspecified atom stereocenters. The van der Waals surface area contributed by atoms with Crippen LogP contribution in [0.25, 0.3) is 0 Å². The number of hydrogen-bond donors (Lipinski definition) is 3. The Morgan fingerprint density at radius 2 is 1.92 bits per heavy atom. The zero-order valence-electron chi connectivity index (χ0n) is 15.2. The Morgan fingerprint density at radius 1 is 1.19 bits per heavy atom. The van der Waals surface area contributed by atoms with Crippen LogP contribution in [0.2, 0.25) is 0 Å². The number of rotatable bonds is 7. The molecule has 0 radical (unpaired) electrons. The van der Waals surface area contributed by atoms with Crippen molar-refractivity contribution in [1.29, 1.82) is 0 Å². The number of aryl methyl sites for hydroxylation is 2. The van der Waals surface area contributed by atoms with Gasteiger partial charge in [0, 0.05) is 31.3 Å². The number of nitrogens with zero attached hydrogens (tertiary/aromatic N) is 2. The smallest absolute Gasteiger partial charge is 0.243 e. The van der Waals surface area contributed by atoms with E-state index in [-0.39, 0.29) is 18.3 Å². The van der Waals surface area contributed by atoms with Crippen molar-refractivity contribution in [3.63, 3.8) is 0 Å². The topological polar surface area (TPSA) is 91.6 Å². The Labute approximate surface area is 152 Å². The molecule has 0 saturated carbocycles. The average molecular weight is 361 g/mol. The van der Waals surface area contributed by atoms with Crippen molar-refractivity contribution < 1.29 is 13.7 Å². The summed E-state index contributed by atoms with van der Waals surface area (Å²) in [5.74, 6) is 0.730. The third kappa shape index (κ3) is 5.30. The number of anilines is 1. The summed E-state index contributed by atoms with van der Waals surface area (Å²) in [4.78, 5) is 16.1. The van der Waals surface area contributed by atoms with Crippen LogP contribution in [0.1, 0.15) is 30.9 Å². The van der Waals surface area contributed by atoms with Gasteiger partial charge in [-0.1, -0.05) is 19.0 Å². The largest absolute Gasteiger partial charge is 0.361 e. The summed E-state index contributed by atoms with van der Waals surface area (Å²) in [6, 6.07) is 5.59. The average Bonchev–Trinajstić information content (AvgIpc) is 3.05. The van der Waals surface area contributed by atoms with Crippen molar-refractivity contribution in [3.05, 3.63) is 47.1 Å². The third-order valence-electron chi connectivity index (χ3n) is 3.81. The summed E-state index contributed by atoms with van der Waals surface area (Å²) in [6.07, 6.45) is 1.54. The highest BCUT2D eigenvalue weighted by Crippen LogP contribution is 2.15. The van der Waals surface area contributed by atoms with Crippen LogP contribution in [0.4, 0.5) is 10.1 Å². The molecule has 0 bridgehead atoms. The van der Waals surface area contributed by atoms with E-state index in [4.69, 9.17) is 4.52 Å². The predicted octanol–water partition coefficient (Wildman–Crippen LogP) is 2.24. The number of benzene rings is 1. The van der Waals surface area contributed by atoms with Gasteiger partial charge in [0.25, 0.3) is 0 Å². The van der Waals surface area contributed by atoms with E-state index in [1.807, 2.05) is 13.8 Å². The number of amides is 1. The minimum atomic E-state index is -0.350. The lowest BCUT2D eigenvalue weighted by atomic mass is 10.1. The first kappa shape index (κ1) is 19.4. The van der Waals surface area contributed by atoms with Crippen molar-refractivity contribution in [2.75, 3.05) is 18.9 Å². The highest BCUT2D eigenvalue weighted by molar-refractivity contribution is 5.94. The van der Waals surface area contributed by atoms with Gasteiger partial charge in [-0.3, -0.25) is 9.79 Å². The lowest BCUT2D eigenvalue weighted by molar-refractivity contribution is -0.115. The zero-order chi connectivity index (χ0) is 18.9. The maximum Gasteiger partial charge on any atom is 0.243 e. The number of carbonyl (C=O) groups is 1. The van der Waals surface area contributed by atoms with Gasteiger partial charge in [-0.2, -0.15) is 0 Å². The maximum absolute atomic E-state index is 12.9. The highest BCUT2D eigenvalue weighted by atomic mass is 19.1. The van der Waals surface area contributed by atoms with Crippen LogP contribution >= 0.6 is 0 Å². The molecule has 140 valence electrons. The van der Waals surface area contributed by atoms with Crippen LogP contribution < -0.4 is 16.0 Å². The van der Waals surface area contributed by atoms with Crippen LogP contribution in [0.5, 0.6) is 0 Å². The lowest BCUT2D eigenvalue weighted by Gasteiger charge is -2.12. The summed E-state index contributed by atoms with van der Waals surface area (Å²) in [7, 11) is 1.63. The van der Waals surface area contributed by atoms with Crippen LogP contribution in [0.15, 0.2) is 33.8 Å². The molecule has 3 N–H and O–H groups in total. The molecule has 26 heavy (non-hydrogen) atoms. The normalized spacial score (nSPS) is 11.3. The van der Waals surface area contributed by atoms with E-state index in [0.29, 0.717) is 18.2 Å². The number of guanidine groups is 1. The summed E-state index contributed by atoms with van der Waals surface area (Å²) in [6.45, 7) is 4.57. The summed E-state index contributed by atoms with van der Waals surface area (Å²) in [5, 5.41) is 12.8. The molecule has 2 rings (SSSR count). The Bertz CT molecular complexity index is 734. The van der Waals surface area contributed by atoms with Crippen molar-refractivity contribution in [2.45, 2.75) is 33.2 Å². The minimum absolute atomic E-state index is 0.0297. The molecule has 1 amide bonds. The van der Waals surface area contributed by atoms with Gasteiger partial charge in [0.15, 0.2) is 5.96 Å². The number of carbonyl (C=O) groups excluding carboxylic acids is 1. The van der Waals surface area contributed by atoms with Gasteiger partial charge in [0.05, 0.1) is 12.2 Å². The molecule has 1 aromatic carbocycles. The molecule has 0 atom stereocenters. The first-order valence-electron chi connectivity index (χ1n) is 8.53. The lowest BCUT2D eigenvalue weighted by Crippen LogP contribution is -2.41. The van der Waals surface area contributed by atoms with Gasteiger partial charge in [0.2, 0.25) is 5.91 Å². The van der Waals surface area contributed by atoms with E-state index in [2.05, 4.69) is 26.1 Å². The molecule has 0 aliphatic rings. The Kier molecular flexibility index (Phi) is 7.13. The monoisotopic (exact) mass is 361 g/mol. The first-order valence-corrected chi connectivity index (χ1v) is 8.53. The Hall–Kier alpha value is -2.90. The van der Waals surface area contributed by atoms with Gasteiger partial charge in [-0.05, 0) is 30.7 Å². The highest BCUT2D eigenvalue weighted by Gasteiger charge is 2.14. The number of hydrogen-bond acceptors (Lipinski definition) is 4.